The monoisotopic (exact) mass is 371 g/mol. The molecule has 0 atom stereocenters. The van der Waals surface area contributed by atoms with Crippen LogP contribution in [0.25, 0.3) is 0 Å². The predicted molar refractivity (Wildman–Crippen MR) is 90.9 cm³/mol. The van der Waals surface area contributed by atoms with E-state index in [2.05, 4.69) is 20.9 Å². The molecular formula is C17H26BrNO3. The van der Waals surface area contributed by atoms with Crippen LogP contribution in [0.2, 0.25) is 0 Å². The molecule has 0 aromatic carbocycles. The van der Waals surface area contributed by atoms with Crippen molar-refractivity contribution in [2.75, 3.05) is 6.61 Å². The second-order valence-electron chi connectivity index (χ2n) is 6.99. The lowest BCUT2D eigenvalue weighted by atomic mass is 9.87. The van der Waals surface area contributed by atoms with Crippen LogP contribution < -0.4 is 4.74 Å². The smallest absolute Gasteiger partial charge is 0.312 e. The maximum atomic E-state index is 12.1. The van der Waals surface area contributed by atoms with Gasteiger partial charge in [-0.05, 0) is 75.9 Å². The topological polar surface area (TPSA) is 48.4 Å². The SMILES string of the molecule is CC(C)(C)OC(=O)C(C)(C)CCCCOc1cccc(Br)n1. The van der Waals surface area contributed by atoms with Crippen molar-refractivity contribution in [2.24, 2.45) is 5.41 Å². The number of aromatic nitrogens is 1. The summed E-state index contributed by atoms with van der Waals surface area (Å²) in [6.07, 6.45) is 2.55. The third kappa shape index (κ3) is 7.25. The fourth-order valence-electron chi connectivity index (χ4n) is 1.83. The van der Waals surface area contributed by atoms with E-state index in [1.807, 2.05) is 52.8 Å². The van der Waals surface area contributed by atoms with Gasteiger partial charge in [-0.25, -0.2) is 4.98 Å². The fraction of sp³-hybridized carbons (Fsp3) is 0.647. The Morgan fingerprint density at radius 3 is 2.45 bits per heavy atom. The van der Waals surface area contributed by atoms with Crippen molar-refractivity contribution >= 4 is 21.9 Å². The fourth-order valence-corrected chi connectivity index (χ4v) is 2.16. The van der Waals surface area contributed by atoms with Crippen LogP contribution in [0.4, 0.5) is 0 Å². The zero-order valence-electron chi connectivity index (χ0n) is 14.1. The minimum absolute atomic E-state index is 0.144. The molecule has 0 aliphatic heterocycles. The van der Waals surface area contributed by atoms with Crippen LogP contribution in [0.15, 0.2) is 22.8 Å². The molecule has 0 saturated heterocycles. The Morgan fingerprint density at radius 1 is 1.18 bits per heavy atom. The minimum atomic E-state index is -0.471. The molecule has 1 aromatic heterocycles. The Morgan fingerprint density at radius 2 is 1.86 bits per heavy atom. The maximum absolute atomic E-state index is 12.1. The maximum Gasteiger partial charge on any atom is 0.312 e. The Bertz CT molecular complexity index is 495. The van der Waals surface area contributed by atoms with Crippen molar-refractivity contribution in [2.45, 2.75) is 59.5 Å². The zero-order chi connectivity index (χ0) is 16.8. The number of nitrogens with zero attached hydrogens (tertiary/aromatic N) is 1. The number of pyridine rings is 1. The van der Waals surface area contributed by atoms with Crippen molar-refractivity contribution in [3.8, 4) is 5.88 Å². The number of carbonyl (C=O) groups excluding carboxylic acids is 1. The minimum Gasteiger partial charge on any atom is -0.478 e. The number of rotatable bonds is 7. The van der Waals surface area contributed by atoms with Crippen LogP contribution >= 0.6 is 15.9 Å². The largest absolute Gasteiger partial charge is 0.478 e. The standard InChI is InChI=1S/C17H26BrNO3/c1-16(2,3)22-15(20)17(4,5)11-6-7-12-21-14-10-8-9-13(18)19-14/h8-10H,6-7,11-12H2,1-5H3. The van der Waals surface area contributed by atoms with Gasteiger partial charge in [-0.1, -0.05) is 6.07 Å². The third-order valence-electron chi connectivity index (χ3n) is 3.09. The first-order chi connectivity index (χ1) is 10.1. The molecule has 0 amide bonds. The van der Waals surface area contributed by atoms with Gasteiger partial charge < -0.3 is 9.47 Å². The lowest BCUT2D eigenvalue weighted by Crippen LogP contribution is -2.33. The zero-order valence-corrected chi connectivity index (χ0v) is 15.7. The molecule has 0 fully saturated rings. The van der Waals surface area contributed by atoms with Crippen molar-refractivity contribution in [3.05, 3.63) is 22.8 Å². The molecule has 4 nitrogen and oxygen atoms in total. The molecule has 0 bridgehead atoms. The van der Waals surface area contributed by atoms with Crippen molar-refractivity contribution in [3.63, 3.8) is 0 Å². The van der Waals surface area contributed by atoms with E-state index in [-0.39, 0.29) is 5.97 Å². The van der Waals surface area contributed by atoms with Crippen LogP contribution in [0.5, 0.6) is 5.88 Å². The lowest BCUT2D eigenvalue weighted by Gasteiger charge is -2.28. The number of carbonyl (C=O) groups is 1. The highest BCUT2D eigenvalue weighted by Gasteiger charge is 2.31. The number of esters is 1. The Kier molecular flexibility index (Phi) is 6.85. The quantitative estimate of drug-likeness (QED) is 0.393. The summed E-state index contributed by atoms with van der Waals surface area (Å²) in [5, 5.41) is 0. The average Bonchev–Trinajstić information content (AvgIpc) is 2.36. The third-order valence-corrected chi connectivity index (χ3v) is 3.53. The summed E-state index contributed by atoms with van der Waals surface area (Å²) < 4.78 is 11.8. The lowest BCUT2D eigenvalue weighted by molar-refractivity contribution is -0.166. The van der Waals surface area contributed by atoms with E-state index in [4.69, 9.17) is 9.47 Å². The summed E-state index contributed by atoms with van der Waals surface area (Å²) in [7, 11) is 0. The van der Waals surface area contributed by atoms with E-state index in [9.17, 15) is 4.79 Å². The Balaban J connectivity index is 2.29. The first-order valence-electron chi connectivity index (χ1n) is 7.59. The summed E-state index contributed by atoms with van der Waals surface area (Å²) >= 11 is 3.31. The highest BCUT2D eigenvalue weighted by Crippen LogP contribution is 2.27. The Hall–Kier alpha value is -1.10. The normalized spacial score (nSPS) is 12.1. The summed E-state index contributed by atoms with van der Waals surface area (Å²) in [4.78, 5) is 16.3. The van der Waals surface area contributed by atoms with Gasteiger partial charge >= 0.3 is 5.97 Å². The molecule has 1 aromatic rings. The van der Waals surface area contributed by atoms with Gasteiger partial charge in [-0.2, -0.15) is 0 Å². The van der Waals surface area contributed by atoms with Crippen LogP contribution in [-0.2, 0) is 9.53 Å². The summed E-state index contributed by atoms with van der Waals surface area (Å²) in [6, 6.07) is 5.57. The molecular weight excluding hydrogens is 346 g/mol. The van der Waals surface area contributed by atoms with Crippen LogP contribution in [0.3, 0.4) is 0 Å². The van der Waals surface area contributed by atoms with Crippen molar-refractivity contribution in [1.82, 2.24) is 4.98 Å². The number of unbranched alkanes of at least 4 members (excludes halogenated alkanes) is 1. The van der Waals surface area contributed by atoms with Crippen molar-refractivity contribution in [1.29, 1.82) is 0 Å². The van der Waals surface area contributed by atoms with Crippen LogP contribution in [0.1, 0.15) is 53.9 Å². The molecule has 1 heterocycles. The predicted octanol–water partition coefficient (Wildman–Crippen LogP) is 4.76. The molecule has 0 radical (unpaired) electrons. The van der Waals surface area contributed by atoms with Gasteiger partial charge in [0.2, 0.25) is 5.88 Å². The van der Waals surface area contributed by atoms with Gasteiger partial charge in [0.1, 0.15) is 10.2 Å². The molecule has 5 heteroatoms. The van der Waals surface area contributed by atoms with E-state index >= 15 is 0 Å². The van der Waals surface area contributed by atoms with E-state index in [0.717, 1.165) is 23.9 Å². The second kappa shape index (κ2) is 7.95. The van der Waals surface area contributed by atoms with Gasteiger partial charge in [-0.3, -0.25) is 4.79 Å². The van der Waals surface area contributed by atoms with Gasteiger partial charge in [0.15, 0.2) is 0 Å². The van der Waals surface area contributed by atoms with Gasteiger partial charge in [0.25, 0.3) is 0 Å². The van der Waals surface area contributed by atoms with E-state index < -0.39 is 11.0 Å². The summed E-state index contributed by atoms with van der Waals surface area (Å²) in [5.74, 6) is 0.468. The number of hydrogen-bond acceptors (Lipinski definition) is 4. The molecule has 0 saturated carbocycles. The molecule has 22 heavy (non-hydrogen) atoms. The first kappa shape index (κ1) is 18.9. The van der Waals surface area contributed by atoms with E-state index in [1.165, 1.54) is 0 Å². The molecule has 0 N–H and O–H groups in total. The van der Waals surface area contributed by atoms with Gasteiger partial charge in [0.05, 0.1) is 12.0 Å². The highest BCUT2D eigenvalue weighted by molar-refractivity contribution is 9.10. The van der Waals surface area contributed by atoms with E-state index in [1.54, 1.807) is 0 Å². The highest BCUT2D eigenvalue weighted by atomic mass is 79.9. The molecule has 124 valence electrons. The van der Waals surface area contributed by atoms with Crippen molar-refractivity contribution < 1.29 is 14.3 Å². The first-order valence-corrected chi connectivity index (χ1v) is 8.38. The number of halogens is 1. The summed E-state index contributed by atoms with van der Waals surface area (Å²) in [6.45, 7) is 10.1. The second-order valence-corrected chi connectivity index (χ2v) is 7.80. The van der Waals surface area contributed by atoms with Crippen LogP contribution in [0, 0.1) is 5.41 Å². The van der Waals surface area contributed by atoms with Crippen LogP contribution in [-0.4, -0.2) is 23.2 Å². The van der Waals surface area contributed by atoms with Gasteiger partial charge in [-0.15, -0.1) is 0 Å². The average molecular weight is 372 g/mol. The molecule has 0 spiro atoms. The molecule has 1 rings (SSSR count). The molecule has 0 aliphatic rings. The molecule has 0 unspecified atom stereocenters. The van der Waals surface area contributed by atoms with Gasteiger partial charge in [0, 0.05) is 6.07 Å². The summed E-state index contributed by atoms with van der Waals surface area (Å²) in [5.41, 5.74) is -0.912. The Labute approximate surface area is 141 Å². The molecule has 0 aliphatic carbocycles. The van der Waals surface area contributed by atoms with E-state index in [0.29, 0.717) is 12.5 Å². The number of hydrogen-bond donors (Lipinski definition) is 0. The number of ether oxygens (including phenoxy) is 2.